The number of nitrogens with zero attached hydrogens (tertiary/aromatic N) is 2. The number of carbonyl (C=O) groups is 1. The van der Waals surface area contributed by atoms with Gasteiger partial charge in [0.2, 0.25) is 5.91 Å². The minimum atomic E-state index is -0.376. The normalized spacial score (nSPS) is 10.5. The van der Waals surface area contributed by atoms with Crippen LogP contribution in [-0.2, 0) is 11.2 Å². The van der Waals surface area contributed by atoms with Gasteiger partial charge in [-0.15, -0.1) is 11.3 Å². The van der Waals surface area contributed by atoms with E-state index < -0.39 is 0 Å². The first-order chi connectivity index (χ1) is 11.1. The van der Waals surface area contributed by atoms with Crippen molar-refractivity contribution in [1.82, 2.24) is 9.97 Å². The zero-order valence-electron chi connectivity index (χ0n) is 12.4. The number of aryl methyl sites for hydroxylation is 1. The van der Waals surface area contributed by atoms with E-state index in [4.69, 9.17) is 0 Å². The van der Waals surface area contributed by atoms with Gasteiger partial charge in [-0.3, -0.25) is 9.78 Å². The Morgan fingerprint density at radius 2 is 2.22 bits per heavy atom. The second-order valence-electron chi connectivity index (χ2n) is 5.07. The fourth-order valence-electron chi connectivity index (χ4n) is 2.10. The van der Waals surface area contributed by atoms with Crippen molar-refractivity contribution in [3.05, 3.63) is 65.2 Å². The summed E-state index contributed by atoms with van der Waals surface area (Å²) in [4.78, 5) is 20.6. The molecule has 0 saturated heterocycles. The Bertz CT molecular complexity index is 833. The van der Waals surface area contributed by atoms with Crippen molar-refractivity contribution < 1.29 is 9.18 Å². The summed E-state index contributed by atoms with van der Waals surface area (Å²) >= 11 is 1.47. The third-order valence-corrected chi connectivity index (χ3v) is 4.22. The monoisotopic (exact) mass is 327 g/mol. The fraction of sp³-hybridized carbons (Fsp3) is 0.118. The number of hydrogen-bond donors (Lipinski definition) is 1. The maximum Gasteiger partial charge on any atom is 0.230 e. The zero-order valence-corrected chi connectivity index (χ0v) is 13.2. The molecule has 0 aliphatic rings. The standard InChI is InChI=1S/C17H14FN3OS/c1-11-4-5-13(18)7-15(11)21-16(22)8-14-10-23-17(20-14)12-3-2-6-19-9-12/h2-7,9-10H,8H2,1H3,(H,21,22). The van der Waals surface area contributed by atoms with Crippen LogP contribution >= 0.6 is 11.3 Å². The maximum absolute atomic E-state index is 13.2. The van der Waals surface area contributed by atoms with Crippen molar-refractivity contribution in [3.63, 3.8) is 0 Å². The quantitative estimate of drug-likeness (QED) is 0.792. The highest BCUT2D eigenvalue weighted by Crippen LogP contribution is 2.23. The number of carbonyl (C=O) groups excluding carboxylic acids is 1. The highest BCUT2D eigenvalue weighted by atomic mass is 32.1. The van der Waals surface area contributed by atoms with Gasteiger partial charge in [0.1, 0.15) is 10.8 Å². The van der Waals surface area contributed by atoms with E-state index >= 15 is 0 Å². The van der Waals surface area contributed by atoms with Gasteiger partial charge in [0.25, 0.3) is 0 Å². The molecule has 1 amide bonds. The van der Waals surface area contributed by atoms with Crippen LogP contribution in [0.2, 0.25) is 0 Å². The SMILES string of the molecule is Cc1ccc(F)cc1NC(=O)Cc1csc(-c2cccnc2)n1. The molecule has 0 aliphatic carbocycles. The third-order valence-electron chi connectivity index (χ3n) is 3.28. The summed E-state index contributed by atoms with van der Waals surface area (Å²) < 4.78 is 13.2. The first-order valence-electron chi connectivity index (χ1n) is 7.02. The molecular weight excluding hydrogens is 313 g/mol. The summed E-state index contributed by atoms with van der Waals surface area (Å²) in [6.07, 6.45) is 3.58. The summed E-state index contributed by atoms with van der Waals surface area (Å²) in [5.41, 5.74) is 2.90. The van der Waals surface area contributed by atoms with E-state index in [0.29, 0.717) is 11.4 Å². The third kappa shape index (κ3) is 3.78. The molecule has 1 aromatic carbocycles. The van der Waals surface area contributed by atoms with Crippen LogP contribution < -0.4 is 5.32 Å². The molecule has 6 heteroatoms. The lowest BCUT2D eigenvalue weighted by molar-refractivity contribution is -0.115. The van der Waals surface area contributed by atoms with E-state index in [2.05, 4.69) is 15.3 Å². The molecular formula is C17H14FN3OS. The number of hydrogen-bond acceptors (Lipinski definition) is 4. The summed E-state index contributed by atoms with van der Waals surface area (Å²) in [5.74, 6) is -0.597. The Kier molecular flexibility index (Phi) is 4.43. The van der Waals surface area contributed by atoms with Crippen molar-refractivity contribution in [2.24, 2.45) is 0 Å². The van der Waals surface area contributed by atoms with Crippen LogP contribution in [-0.4, -0.2) is 15.9 Å². The summed E-state index contributed by atoms with van der Waals surface area (Å²) in [6, 6.07) is 8.08. The summed E-state index contributed by atoms with van der Waals surface area (Å²) in [6.45, 7) is 1.82. The Hall–Kier alpha value is -2.60. The molecule has 0 bridgehead atoms. The maximum atomic E-state index is 13.2. The second-order valence-corrected chi connectivity index (χ2v) is 5.93. The Labute approximate surface area is 137 Å². The van der Waals surface area contributed by atoms with Gasteiger partial charge in [0.15, 0.2) is 0 Å². The first-order valence-corrected chi connectivity index (χ1v) is 7.90. The molecule has 4 nitrogen and oxygen atoms in total. The molecule has 0 saturated carbocycles. The van der Waals surface area contributed by atoms with Crippen LogP contribution in [0.15, 0.2) is 48.1 Å². The van der Waals surface area contributed by atoms with Crippen molar-refractivity contribution in [3.8, 4) is 10.6 Å². The first kappa shape index (κ1) is 15.3. The number of benzene rings is 1. The molecule has 23 heavy (non-hydrogen) atoms. The van der Waals surface area contributed by atoms with Gasteiger partial charge in [-0.05, 0) is 36.8 Å². The van der Waals surface area contributed by atoms with E-state index in [1.165, 1.54) is 23.5 Å². The highest BCUT2D eigenvalue weighted by molar-refractivity contribution is 7.13. The number of nitrogens with one attached hydrogen (secondary N) is 1. The molecule has 2 aromatic heterocycles. The molecule has 0 fully saturated rings. The van der Waals surface area contributed by atoms with Gasteiger partial charge in [0.05, 0.1) is 12.1 Å². The van der Waals surface area contributed by atoms with Gasteiger partial charge < -0.3 is 5.32 Å². The molecule has 0 radical (unpaired) electrons. The Morgan fingerprint density at radius 1 is 1.35 bits per heavy atom. The van der Waals surface area contributed by atoms with E-state index in [9.17, 15) is 9.18 Å². The lowest BCUT2D eigenvalue weighted by atomic mass is 10.2. The summed E-state index contributed by atoms with van der Waals surface area (Å²) in [5, 5.41) is 5.39. The number of amides is 1. The van der Waals surface area contributed by atoms with Crippen molar-refractivity contribution in [2.75, 3.05) is 5.32 Å². The van der Waals surface area contributed by atoms with E-state index in [-0.39, 0.29) is 18.1 Å². The number of thiazole rings is 1. The fourth-order valence-corrected chi connectivity index (χ4v) is 2.91. The lowest BCUT2D eigenvalue weighted by Gasteiger charge is -2.07. The van der Waals surface area contributed by atoms with E-state index in [0.717, 1.165) is 16.1 Å². The molecule has 0 unspecified atom stereocenters. The Morgan fingerprint density at radius 3 is 3.00 bits per heavy atom. The van der Waals surface area contributed by atoms with Crippen LogP contribution in [0.5, 0.6) is 0 Å². The number of aromatic nitrogens is 2. The van der Waals surface area contributed by atoms with Gasteiger partial charge in [-0.1, -0.05) is 6.07 Å². The van der Waals surface area contributed by atoms with Crippen LogP contribution in [0.4, 0.5) is 10.1 Å². The predicted molar refractivity (Wildman–Crippen MR) is 88.8 cm³/mol. The average Bonchev–Trinajstić information content (AvgIpc) is 3.00. The molecule has 2 heterocycles. The number of halogens is 1. The second kappa shape index (κ2) is 6.66. The topological polar surface area (TPSA) is 54.9 Å². The number of anilines is 1. The van der Waals surface area contributed by atoms with Crippen LogP contribution in [0.3, 0.4) is 0 Å². The predicted octanol–water partition coefficient (Wildman–Crippen LogP) is 3.83. The lowest BCUT2D eigenvalue weighted by Crippen LogP contribution is -2.15. The summed E-state index contributed by atoms with van der Waals surface area (Å²) in [7, 11) is 0. The van der Waals surface area contributed by atoms with E-state index in [1.54, 1.807) is 18.5 Å². The minimum absolute atomic E-state index is 0.146. The van der Waals surface area contributed by atoms with Crippen molar-refractivity contribution in [1.29, 1.82) is 0 Å². The smallest absolute Gasteiger partial charge is 0.230 e. The highest BCUT2D eigenvalue weighted by Gasteiger charge is 2.11. The number of pyridine rings is 1. The average molecular weight is 327 g/mol. The molecule has 0 aliphatic heterocycles. The molecule has 3 rings (SSSR count). The Balaban J connectivity index is 1.69. The molecule has 1 N–H and O–H groups in total. The van der Waals surface area contributed by atoms with Crippen LogP contribution in [0.1, 0.15) is 11.3 Å². The van der Waals surface area contributed by atoms with Gasteiger partial charge >= 0.3 is 0 Å². The van der Waals surface area contributed by atoms with Gasteiger partial charge in [-0.2, -0.15) is 0 Å². The van der Waals surface area contributed by atoms with Crippen LogP contribution in [0, 0.1) is 12.7 Å². The van der Waals surface area contributed by atoms with Gasteiger partial charge in [0, 0.05) is 29.0 Å². The van der Waals surface area contributed by atoms with Crippen molar-refractivity contribution in [2.45, 2.75) is 13.3 Å². The minimum Gasteiger partial charge on any atom is -0.325 e. The van der Waals surface area contributed by atoms with Gasteiger partial charge in [-0.25, -0.2) is 9.37 Å². The van der Waals surface area contributed by atoms with E-state index in [1.807, 2.05) is 24.4 Å². The molecule has 3 aromatic rings. The largest absolute Gasteiger partial charge is 0.325 e. The zero-order chi connectivity index (χ0) is 16.2. The van der Waals surface area contributed by atoms with Crippen molar-refractivity contribution >= 4 is 22.9 Å². The number of rotatable bonds is 4. The molecule has 0 atom stereocenters. The molecule has 0 spiro atoms. The molecule has 116 valence electrons. The van der Waals surface area contributed by atoms with Crippen LogP contribution in [0.25, 0.3) is 10.6 Å².